The van der Waals surface area contributed by atoms with Gasteiger partial charge in [-0.1, -0.05) is 61.5 Å². The van der Waals surface area contributed by atoms with E-state index in [4.69, 9.17) is 0 Å². The summed E-state index contributed by atoms with van der Waals surface area (Å²) < 4.78 is 1.22. The van der Waals surface area contributed by atoms with Gasteiger partial charge in [0.25, 0.3) is 0 Å². The van der Waals surface area contributed by atoms with E-state index in [1.165, 1.54) is 59.7 Å². The van der Waals surface area contributed by atoms with Crippen molar-refractivity contribution in [3.63, 3.8) is 0 Å². The van der Waals surface area contributed by atoms with Crippen molar-refractivity contribution in [3.05, 3.63) is 33.3 Å². The molecule has 0 saturated carbocycles. The minimum atomic E-state index is 0.513. The van der Waals surface area contributed by atoms with Crippen LogP contribution in [0.2, 0.25) is 0 Å². The standard InChI is InChI=1S/C18H30BrN/c1-5-7-8-9-10-18(20-11-6-2)16-12-15(4)17(19)13-14(16)3/h12-13,18,20H,5-11H2,1-4H3. The molecule has 0 aromatic heterocycles. The van der Waals surface area contributed by atoms with Crippen molar-refractivity contribution < 1.29 is 0 Å². The van der Waals surface area contributed by atoms with E-state index in [0.717, 1.165) is 6.54 Å². The minimum Gasteiger partial charge on any atom is -0.310 e. The summed E-state index contributed by atoms with van der Waals surface area (Å²) in [6.45, 7) is 10.0. The fourth-order valence-corrected chi connectivity index (χ4v) is 3.10. The Bertz CT molecular complexity index is 401. The van der Waals surface area contributed by atoms with Gasteiger partial charge in [0.1, 0.15) is 0 Å². The quantitative estimate of drug-likeness (QED) is 0.537. The molecule has 1 aromatic carbocycles. The Kier molecular flexibility index (Phi) is 8.47. The molecule has 1 nitrogen and oxygen atoms in total. The molecule has 1 aromatic rings. The summed E-state index contributed by atoms with van der Waals surface area (Å²) in [6.07, 6.45) is 7.80. The van der Waals surface area contributed by atoms with Crippen LogP contribution in [-0.2, 0) is 0 Å². The number of hydrogen-bond donors (Lipinski definition) is 1. The SMILES string of the molecule is CCCCCCC(NCCC)c1cc(C)c(Br)cc1C. The maximum atomic E-state index is 3.73. The lowest BCUT2D eigenvalue weighted by molar-refractivity contribution is 0.468. The van der Waals surface area contributed by atoms with Crippen LogP contribution in [0.25, 0.3) is 0 Å². The Morgan fingerprint density at radius 1 is 1.00 bits per heavy atom. The summed E-state index contributed by atoms with van der Waals surface area (Å²) in [6, 6.07) is 5.13. The molecule has 1 unspecified atom stereocenters. The van der Waals surface area contributed by atoms with Crippen LogP contribution in [0.5, 0.6) is 0 Å². The number of nitrogens with one attached hydrogen (secondary N) is 1. The third-order valence-corrected chi connectivity index (χ3v) is 4.76. The zero-order valence-electron chi connectivity index (χ0n) is 13.6. The van der Waals surface area contributed by atoms with E-state index in [-0.39, 0.29) is 0 Å². The number of benzene rings is 1. The fraction of sp³-hybridized carbons (Fsp3) is 0.667. The van der Waals surface area contributed by atoms with Gasteiger partial charge in [0.2, 0.25) is 0 Å². The monoisotopic (exact) mass is 339 g/mol. The predicted octanol–water partition coefficient (Wildman–Crippen LogP) is 6.08. The first kappa shape index (κ1) is 17.7. The van der Waals surface area contributed by atoms with Gasteiger partial charge in [-0.3, -0.25) is 0 Å². The summed E-state index contributed by atoms with van der Waals surface area (Å²) in [5.74, 6) is 0. The number of aryl methyl sites for hydroxylation is 2. The molecule has 0 spiro atoms. The van der Waals surface area contributed by atoms with Crippen LogP contribution >= 0.6 is 15.9 Å². The van der Waals surface area contributed by atoms with Crippen LogP contribution in [0, 0.1) is 13.8 Å². The molecule has 0 aliphatic carbocycles. The molecule has 0 fully saturated rings. The molecule has 0 heterocycles. The molecule has 0 bridgehead atoms. The number of rotatable bonds is 9. The van der Waals surface area contributed by atoms with Crippen molar-refractivity contribution in [1.29, 1.82) is 0 Å². The summed E-state index contributed by atoms with van der Waals surface area (Å²) >= 11 is 3.63. The molecule has 0 saturated heterocycles. The summed E-state index contributed by atoms with van der Waals surface area (Å²) in [4.78, 5) is 0. The molecule has 0 radical (unpaired) electrons. The van der Waals surface area contributed by atoms with E-state index in [2.05, 4.69) is 61.1 Å². The van der Waals surface area contributed by atoms with Gasteiger partial charge in [0.15, 0.2) is 0 Å². The van der Waals surface area contributed by atoms with Crippen molar-refractivity contribution in [2.24, 2.45) is 0 Å². The molecule has 1 N–H and O–H groups in total. The first-order valence-corrected chi connectivity index (χ1v) is 8.89. The molecular formula is C18H30BrN. The summed E-state index contributed by atoms with van der Waals surface area (Å²) in [7, 11) is 0. The van der Waals surface area contributed by atoms with E-state index in [9.17, 15) is 0 Å². The predicted molar refractivity (Wildman–Crippen MR) is 93.4 cm³/mol. The molecule has 20 heavy (non-hydrogen) atoms. The van der Waals surface area contributed by atoms with E-state index in [1.54, 1.807) is 0 Å². The maximum absolute atomic E-state index is 3.73. The lowest BCUT2D eigenvalue weighted by atomic mass is 9.94. The second kappa shape index (κ2) is 9.57. The zero-order valence-corrected chi connectivity index (χ0v) is 15.1. The minimum absolute atomic E-state index is 0.513. The Morgan fingerprint density at radius 3 is 2.40 bits per heavy atom. The van der Waals surface area contributed by atoms with Gasteiger partial charge in [0, 0.05) is 10.5 Å². The zero-order chi connectivity index (χ0) is 15.0. The van der Waals surface area contributed by atoms with Crippen LogP contribution in [0.15, 0.2) is 16.6 Å². The third kappa shape index (κ3) is 5.57. The lowest BCUT2D eigenvalue weighted by Gasteiger charge is -2.22. The third-order valence-electron chi connectivity index (χ3n) is 3.91. The average Bonchev–Trinajstić information content (AvgIpc) is 2.42. The van der Waals surface area contributed by atoms with E-state index >= 15 is 0 Å². The van der Waals surface area contributed by atoms with Gasteiger partial charge < -0.3 is 5.32 Å². The molecule has 114 valence electrons. The second-order valence-corrected chi connectivity index (χ2v) is 6.67. The Labute approximate surface area is 133 Å². The van der Waals surface area contributed by atoms with E-state index in [0.29, 0.717) is 6.04 Å². The van der Waals surface area contributed by atoms with Crippen LogP contribution < -0.4 is 5.32 Å². The molecule has 0 amide bonds. The second-order valence-electron chi connectivity index (χ2n) is 5.81. The fourth-order valence-electron chi connectivity index (χ4n) is 2.64. The Morgan fingerprint density at radius 2 is 1.75 bits per heavy atom. The van der Waals surface area contributed by atoms with Gasteiger partial charge in [0.05, 0.1) is 0 Å². The highest BCUT2D eigenvalue weighted by atomic mass is 79.9. The van der Waals surface area contributed by atoms with Gasteiger partial charge in [-0.15, -0.1) is 0 Å². The van der Waals surface area contributed by atoms with Gasteiger partial charge >= 0.3 is 0 Å². The first-order chi connectivity index (χ1) is 9.60. The number of halogens is 1. The molecule has 2 heteroatoms. The van der Waals surface area contributed by atoms with Crippen LogP contribution in [0.4, 0.5) is 0 Å². The molecular weight excluding hydrogens is 310 g/mol. The largest absolute Gasteiger partial charge is 0.310 e. The smallest absolute Gasteiger partial charge is 0.0322 e. The van der Waals surface area contributed by atoms with E-state index in [1.807, 2.05) is 0 Å². The maximum Gasteiger partial charge on any atom is 0.0322 e. The summed E-state index contributed by atoms with van der Waals surface area (Å²) in [5, 5.41) is 3.73. The molecule has 0 aliphatic heterocycles. The van der Waals surface area contributed by atoms with Crippen molar-refractivity contribution in [2.75, 3.05) is 6.54 Å². The van der Waals surface area contributed by atoms with Crippen LogP contribution in [0.3, 0.4) is 0 Å². The van der Waals surface area contributed by atoms with E-state index < -0.39 is 0 Å². The van der Waals surface area contributed by atoms with Crippen LogP contribution in [0.1, 0.15) is 75.1 Å². The van der Waals surface area contributed by atoms with Crippen molar-refractivity contribution in [2.45, 2.75) is 72.3 Å². The average molecular weight is 340 g/mol. The highest BCUT2D eigenvalue weighted by Gasteiger charge is 2.14. The molecule has 1 rings (SSSR count). The highest BCUT2D eigenvalue weighted by molar-refractivity contribution is 9.10. The van der Waals surface area contributed by atoms with Crippen LogP contribution in [-0.4, -0.2) is 6.54 Å². The Balaban J connectivity index is 2.78. The summed E-state index contributed by atoms with van der Waals surface area (Å²) in [5.41, 5.74) is 4.21. The molecule has 1 atom stereocenters. The van der Waals surface area contributed by atoms with Gasteiger partial charge in [-0.05, 0) is 56.0 Å². The first-order valence-electron chi connectivity index (χ1n) is 8.10. The van der Waals surface area contributed by atoms with Gasteiger partial charge in [-0.2, -0.15) is 0 Å². The highest BCUT2D eigenvalue weighted by Crippen LogP contribution is 2.28. The molecule has 0 aliphatic rings. The van der Waals surface area contributed by atoms with Crippen molar-refractivity contribution in [1.82, 2.24) is 5.32 Å². The number of hydrogen-bond acceptors (Lipinski definition) is 1. The normalized spacial score (nSPS) is 12.7. The van der Waals surface area contributed by atoms with Crippen molar-refractivity contribution in [3.8, 4) is 0 Å². The van der Waals surface area contributed by atoms with Gasteiger partial charge in [-0.25, -0.2) is 0 Å². The number of unbranched alkanes of at least 4 members (excludes halogenated alkanes) is 3. The Hall–Kier alpha value is -0.340. The van der Waals surface area contributed by atoms with Crippen molar-refractivity contribution >= 4 is 15.9 Å². The topological polar surface area (TPSA) is 12.0 Å². The lowest BCUT2D eigenvalue weighted by Crippen LogP contribution is -2.23.